The number of anilines is 2. The third-order valence-electron chi connectivity index (χ3n) is 3.81. The van der Waals surface area contributed by atoms with Crippen LogP contribution in [-0.4, -0.2) is 24.0 Å². The lowest BCUT2D eigenvalue weighted by Gasteiger charge is -2.29. The number of carbonyl (C=O) groups is 2. The first-order valence-electron chi connectivity index (χ1n) is 7.65. The fourth-order valence-corrected chi connectivity index (χ4v) is 5.33. The Bertz CT molecular complexity index is 970. The van der Waals surface area contributed by atoms with E-state index in [-0.39, 0.29) is 10.7 Å². The molecular weight excluding hydrogens is 612 g/mol. The van der Waals surface area contributed by atoms with Crippen LogP contribution in [0.1, 0.15) is 5.56 Å². The summed E-state index contributed by atoms with van der Waals surface area (Å²) in [6.45, 7) is 0. The molecule has 138 valence electrons. The zero-order valence-corrected chi connectivity index (χ0v) is 19.7. The highest BCUT2D eigenvalue weighted by molar-refractivity contribution is 14.1. The average molecular weight is 624 g/mol. The van der Waals surface area contributed by atoms with Crippen molar-refractivity contribution < 1.29 is 9.59 Å². The molecule has 0 aliphatic carbocycles. The van der Waals surface area contributed by atoms with Crippen molar-refractivity contribution in [2.75, 3.05) is 17.3 Å². The summed E-state index contributed by atoms with van der Waals surface area (Å²) in [7, 11) is 1.85. The normalized spacial score (nSPS) is 15.9. The third-order valence-corrected chi connectivity index (χ3v) is 6.05. The number of hydrogen-bond acceptors (Lipinski definition) is 4. The van der Waals surface area contributed by atoms with Crippen LogP contribution < -0.4 is 15.5 Å². The standard InChI is InChI=1S/C18H12ClI2N3O2S/c1-22-15-13(20)7-9(8-14(15)21)6-12-16(25)23-18(27)24(17(12)26)11-4-2-10(19)3-5-11/h2-8,22H,1H3,(H,23,25,27)/b12-6+. The number of carbonyl (C=O) groups excluding carboxylic acids is 2. The molecule has 2 aromatic rings. The van der Waals surface area contributed by atoms with Crippen LogP contribution >= 0.6 is 69.0 Å². The fraction of sp³-hybridized carbons (Fsp3) is 0.0556. The van der Waals surface area contributed by atoms with Gasteiger partial charge >= 0.3 is 0 Å². The predicted molar refractivity (Wildman–Crippen MR) is 129 cm³/mol. The summed E-state index contributed by atoms with van der Waals surface area (Å²) in [5, 5.41) is 6.29. The van der Waals surface area contributed by atoms with Crippen LogP contribution in [0.3, 0.4) is 0 Å². The molecule has 1 heterocycles. The van der Waals surface area contributed by atoms with Crippen molar-refractivity contribution >= 4 is 103 Å². The second kappa shape index (κ2) is 8.41. The molecule has 0 saturated carbocycles. The van der Waals surface area contributed by atoms with E-state index in [1.165, 1.54) is 4.90 Å². The summed E-state index contributed by atoms with van der Waals surface area (Å²) in [6, 6.07) is 10.5. The summed E-state index contributed by atoms with van der Waals surface area (Å²) in [5.41, 5.74) is 2.31. The highest BCUT2D eigenvalue weighted by Gasteiger charge is 2.34. The maximum absolute atomic E-state index is 13.0. The van der Waals surface area contributed by atoms with E-state index in [0.717, 1.165) is 18.4 Å². The number of hydrogen-bond donors (Lipinski definition) is 2. The average Bonchev–Trinajstić information content (AvgIpc) is 2.60. The number of nitrogens with one attached hydrogen (secondary N) is 2. The van der Waals surface area contributed by atoms with Gasteiger partial charge < -0.3 is 5.32 Å². The second-order valence-corrected chi connectivity index (χ2v) is 8.69. The van der Waals surface area contributed by atoms with E-state index in [2.05, 4.69) is 55.8 Å². The number of rotatable bonds is 3. The van der Waals surface area contributed by atoms with Gasteiger partial charge in [0.25, 0.3) is 11.8 Å². The number of nitrogens with zero attached hydrogens (tertiary/aromatic N) is 1. The van der Waals surface area contributed by atoms with Gasteiger partial charge in [-0.2, -0.15) is 0 Å². The van der Waals surface area contributed by atoms with Crippen LogP contribution in [0.5, 0.6) is 0 Å². The Kier molecular flexibility index (Phi) is 6.39. The SMILES string of the molecule is CNc1c(I)cc(/C=C2\C(=O)NC(=S)N(c3ccc(Cl)cc3)C2=O)cc1I. The minimum absolute atomic E-state index is 0.0161. The van der Waals surface area contributed by atoms with Crippen molar-refractivity contribution in [1.29, 1.82) is 0 Å². The Hall–Kier alpha value is -1.24. The zero-order chi connectivity index (χ0) is 19.7. The first-order chi connectivity index (χ1) is 12.8. The molecule has 0 radical (unpaired) electrons. The number of benzene rings is 2. The van der Waals surface area contributed by atoms with Gasteiger partial charge in [0.2, 0.25) is 0 Å². The van der Waals surface area contributed by atoms with E-state index < -0.39 is 11.8 Å². The van der Waals surface area contributed by atoms with Crippen LogP contribution in [0, 0.1) is 7.14 Å². The van der Waals surface area contributed by atoms with Gasteiger partial charge in [0, 0.05) is 19.2 Å². The summed E-state index contributed by atoms with van der Waals surface area (Å²) < 4.78 is 1.98. The Morgan fingerprint density at radius 1 is 1.15 bits per heavy atom. The molecule has 1 aliphatic rings. The Morgan fingerprint density at radius 2 is 1.74 bits per heavy atom. The van der Waals surface area contributed by atoms with Gasteiger partial charge in [0.15, 0.2) is 5.11 Å². The Labute approximate surface area is 193 Å². The zero-order valence-electron chi connectivity index (χ0n) is 13.8. The van der Waals surface area contributed by atoms with Crippen LogP contribution in [0.15, 0.2) is 42.0 Å². The molecular formula is C18H12ClI2N3O2S. The van der Waals surface area contributed by atoms with Gasteiger partial charge in [-0.3, -0.25) is 19.8 Å². The molecule has 0 atom stereocenters. The molecule has 0 unspecified atom stereocenters. The minimum Gasteiger partial charge on any atom is -0.386 e. The first kappa shape index (κ1) is 20.5. The van der Waals surface area contributed by atoms with Crippen molar-refractivity contribution in [1.82, 2.24) is 5.32 Å². The highest BCUT2D eigenvalue weighted by Crippen LogP contribution is 2.28. The smallest absolute Gasteiger partial charge is 0.270 e. The Morgan fingerprint density at radius 3 is 2.30 bits per heavy atom. The molecule has 9 heteroatoms. The second-order valence-electron chi connectivity index (χ2n) is 5.54. The molecule has 5 nitrogen and oxygen atoms in total. The molecule has 2 amide bonds. The molecule has 0 bridgehead atoms. The largest absolute Gasteiger partial charge is 0.386 e. The lowest BCUT2D eigenvalue weighted by Crippen LogP contribution is -2.54. The van der Waals surface area contributed by atoms with E-state index in [1.807, 2.05) is 19.2 Å². The van der Waals surface area contributed by atoms with Crippen LogP contribution in [0.4, 0.5) is 11.4 Å². The van der Waals surface area contributed by atoms with Gasteiger partial charge in [-0.1, -0.05) is 11.6 Å². The van der Waals surface area contributed by atoms with E-state index in [9.17, 15) is 9.59 Å². The number of thiocarbonyl (C=S) groups is 1. The van der Waals surface area contributed by atoms with Crippen molar-refractivity contribution in [3.05, 3.63) is 59.7 Å². The molecule has 27 heavy (non-hydrogen) atoms. The molecule has 1 aliphatic heterocycles. The van der Waals surface area contributed by atoms with Crippen molar-refractivity contribution in [2.45, 2.75) is 0 Å². The van der Waals surface area contributed by atoms with Gasteiger partial charge in [0.1, 0.15) is 5.57 Å². The fourth-order valence-electron chi connectivity index (χ4n) is 2.56. The van der Waals surface area contributed by atoms with Gasteiger partial charge in [-0.15, -0.1) is 0 Å². The van der Waals surface area contributed by atoms with Crippen LogP contribution in [0.2, 0.25) is 5.02 Å². The van der Waals surface area contributed by atoms with E-state index in [1.54, 1.807) is 30.3 Å². The molecule has 3 rings (SSSR count). The maximum Gasteiger partial charge on any atom is 0.270 e. The van der Waals surface area contributed by atoms with E-state index in [0.29, 0.717) is 10.7 Å². The van der Waals surface area contributed by atoms with Crippen molar-refractivity contribution in [2.24, 2.45) is 0 Å². The molecule has 1 saturated heterocycles. The van der Waals surface area contributed by atoms with E-state index >= 15 is 0 Å². The summed E-state index contributed by atoms with van der Waals surface area (Å²) in [6.07, 6.45) is 1.58. The van der Waals surface area contributed by atoms with Crippen molar-refractivity contribution in [3.63, 3.8) is 0 Å². The minimum atomic E-state index is -0.516. The topological polar surface area (TPSA) is 61.4 Å². The van der Waals surface area contributed by atoms with Gasteiger partial charge in [0.05, 0.1) is 11.4 Å². The number of halogens is 3. The lowest BCUT2D eigenvalue weighted by molar-refractivity contribution is -0.122. The van der Waals surface area contributed by atoms with Gasteiger partial charge in [-0.25, -0.2) is 0 Å². The Balaban J connectivity index is 2.03. The highest BCUT2D eigenvalue weighted by atomic mass is 127. The molecule has 0 spiro atoms. The predicted octanol–water partition coefficient (Wildman–Crippen LogP) is 4.42. The van der Waals surface area contributed by atoms with Crippen molar-refractivity contribution in [3.8, 4) is 0 Å². The quantitative estimate of drug-likeness (QED) is 0.230. The first-order valence-corrected chi connectivity index (χ1v) is 10.6. The lowest BCUT2D eigenvalue weighted by atomic mass is 10.1. The molecule has 1 fully saturated rings. The molecule has 2 N–H and O–H groups in total. The third kappa shape index (κ3) is 4.28. The molecule has 2 aromatic carbocycles. The molecule has 0 aromatic heterocycles. The van der Waals surface area contributed by atoms with Gasteiger partial charge in [-0.05, 0) is 105 Å². The van der Waals surface area contributed by atoms with E-state index in [4.69, 9.17) is 23.8 Å². The summed E-state index contributed by atoms with van der Waals surface area (Å²) >= 11 is 15.5. The monoisotopic (exact) mass is 623 g/mol. The summed E-state index contributed by atoms with van der Waals surface area (Å²) in [4.78, 5) is 26.7. The summed E-state index contributed by atoms with van der Waals surface area (Å²) in [5.74, 6) is -0.994. The number of amides is 2. The van der Waals surface area contributed by atoms with Crippen LogP contribution in [-0.2, 0) is 9.59 Å². The maximum atomic E-state index is 13.0. The van der Waals surface area contributed by atoms with Crippen LogP contribution in [0.25, 0.3) is 6.08 Å².